The smallest absolute Gasteiger partial charge is 0.251 e. The zero-order valence-electron chi connectivity index (χ0n) is 15.7. The lowest BCUT2D eigenvalue weighted by Crippen LogP contribution is -2.36. The molecule has 25 heavy (non-hydrogen) atoms. The third-order valence-corrected chi connectivity index (χ3v) is 6.91. The zero-order chi connectivity index (χ0) is 18.6. The van der Waals surface area contributed by atoms with E-state index < -0.39 is 10.0 Å². The van der Waals surface area contributed by atoms with E-state index in [0.717, 1.165) is 31.2 Å². The van der Waals surface area contributed by atoms with Gasteiger partial charge in [0.15, 0.2) is 0 Å². The van der Waals surface area contributed by atoms with E-state index in [9.17, 15) is 13.2 Å². The summed E-state index contributed by atoms with van der Waals surface area (Å²) in [5.74, 6) is 0.0971. The van der Waals surface area contributed by atoms with E-state index in [-0.39, 0.29) is 16.8 Å². The Hall–Kier alpha value is -1.40. The van der Waals surface area contributed by atoms with Crippen molar-refractivity contribution in [2.45, 2.75) is 64.3 Å². The van der Waals surface area contributed by atoms with Gasteiger partial charge >= 0.3 is 0 Å². The van der Waals surface area contributed by atoms with Crippen molar-refractivity contribution >= 4 is 15.9 Å². The average molecular weight is 367 g/mol. The highest BCUT2D eigenvalue weighted by atomic mass is 32.2. The summed E-state index contributed by atoms with van der Waals surface area (Å²) in [4.78, 5) is 12.8. The lowest BCUT2D eigenvalue weighted by molar-refractivity contribution is 0.0929. The van der Waals surface area contributed by atoms with Gasteiger partial charge in [-0.2, -0.15) is 4.31 Å². The van der Waals surface area contributed by atoms with Crippen molar-refractivity contribution in [3.8, 4) is 0 Å². The molecule has 1 atom stereocenters. The molecule has 0 aromatic heterocycles. The van der Waals surface area contributed by atoms with Crippen LogP contribution in [0.4, 0.5) is 0 Å². The third kappa shape index (κ3) is 4.82. The molecule has 1 aromatic carbocycles. The number of nitrogens with zero attached hydrogens (tertiary/aromatic N) is 1. The molecule has 1 aliphatic rings. The molecular weight excluding hydrogens is 336 g/mol. The number of aryl methyl sites for hydroxylation is 1. The van der Waals surface area contributed by atoms with Crippen LogP contribution in [0.2, 0.25) is 0 Å². The first-order valence-corrected chi connectivity index (χ1v) is 10.6. The fraction of sp³-hybridized carbons (Fsp3) is 0.632. The van der Waals surface area contributed by atoms with Gasteiger partial charge < -0.3 is 5.32 Å². The highest BCUT2D eigenvalue weighted by molar-refractivity contribution is 7.89. The van der Waals surface area contributed by atoms with Crippen LogP contribution >= 0.6 is 0 Å². The highest BCUT2D eigenvalue weighted by Gasteiger charge is 2.26. The first-order chi connectivity index (χ1) is 11.7. The van der Waals surface area contributed by atoms with Gasteiger partial charge in [-0.05, 0) is 50.3 Å². The monoisotopic (exact) mass is 366 g/mol. The SMILES string of the molecule is Cc1ccc(S(=O)(=O)N2CCCCCC2)cc1C(=O)N[C@H](C)C(C)C. The normalized spacial score (nSPS) is 18.0. The summed E-state index contributed by atoms with van der Waals surface area (Å²) in [5, 5.41) is 2.96. The number of amides is 1. The van der Waals surface area contributed by atoms with E-state index in [0.29, 0.717) is 24.6 Å². The minimum absolute atomic E-state index is 0.0257. The first-order valence-electron chi connectivity index (χ1n) is 9.15. The van der Waals surface area contributed by atoms with Gasteiger partial charge in [0, 0.05) is 24.7 Å². The third-order valence-electron chi connectivity index (χ3n) is 5.02. The van der Waals surface area contributed by atoms with Gasteiger partial charge in [-0.1, -0.05) is 32.8 Å². The molecule has 2 rings (SSSR count). The second kappa shape index (κ2) is 8.32. The van der Waals surface area contributed by atoms with Gasteiger partial charge in [-0.3, -0.25) is 4.79 Å². The van der Waals surface area contributed by atoms with Crippen LogP contribution in [0, 0.1) is 12.8 Å². The van der Waals surface area contributed by atoms with Crippen molar-refractivity contribution in [3.63, 3.8) is 0 Å². The number of hydrogen-bond donors (Lipinski definition) is 1. The summed E-state index contributed by atoms with van der Waals surface area (Å²) in [6.07, 6.45) is 3.93. The molecule has 0 aliphatic carbocycles. The van der Waals surface area contributed by atoms with Crippen molar-refractivity contribution in [2.75, 3.05) is 13.1 Å². The molecule has 1 N–H and O–H groups in total. The molecule has 0 bridgehead atoms. The Bertz CT molecular complexity index is 705. The van der Waals surface area contributed by atoms with Gasteiger partial charge in [-0.25, -0.2) is 8.42 Å². The predicted octanol–water partition coefficient (Wildman–Crippen LogP) is 3.33. The van der Waals surface area contributed by atoms with E-state index in [1.165, 1.54) is 6.07 Å². The van der Waals surface area contributed by atoms with Gasteiger partial charge in [0.1, 0.15) is 0 Å². The van der Waals surface area contributed by atoms with Crippen molar-refractivity contribution in [3.05, 3.63) is 29.3 Å². The standard InChI is InChI=1S/C19H30N2O3S/c1-14(2)16(4)20-19(22)18-13-17(10-9-15(18)3)25(23,24)21-11-7-5-6-8-12-21/h9-10,13-14,16H,5-8,11-12H2,1-4H3,(H,20,22)/t16-/m1/s1. The number of hydrogen-bond acceptors (Lipinski definition) is 3. The molecular formula is C19H30N2O3S. The molecule has 1 heterocycles. The molecule has 0 radical (unpaired) electrons. The Labute approximate surface area is 151 Å². The number of carbonyl (C=O) groups is 1. The topological polar surface area (TPSA) is 66.5 Å². The maximum atomic E-state index is 13.0. The molecule has 1 aromatic rings. The maximum absolute atomic E-state index is 13.0. The summed E-state index contributed by atoms with van der Waals surface area (Å²) in [6.45, 7) is 8.98. The fourth-order valence-electron chi connectivity index (χ4n) is 2.89. The summed E-state index contributed by atoms with van der Waals surface area (Å²) in [5.41, 5.74) is 1.21. The van der Waals surface area contributed by atoms with Crippen molar-refractivity contribution < 1.29 is 13.2 Å². The van der Waals surface area contributed by atoms with Crippen LogP contribution in [0.5, 0.6) is 0 Å². The van der Waals surface area contributed by atoms with Gasteiger partial charge in [-0.15, -0.1) is 0 Å². The maximum Gasteiger partial charge on any atom is 0.251 e. The second-order valence-corrected chi connectivity index (χ2v) is 9.24. The van der Waals surface area contributed by atoms with Crippen LogP contribution in [0.25, 0.3) is 0 Å². The molecule has 0 unspecified atom stereocenters. The molecule has 6 heteroatoms. The lowest BCUT2D eigenvalue weighted by atomic mass is 10.0. The van der Waals surface area contributed by atoms with E-state index in [1.807, 2.05) is 27.7 Å². The molecule has 0 saturated carbocycles. The number of benzene rings is 1. The minimum atomic E-state index is -3.55. The largest absolute Gasteiger partial charge is 0.349 e. The predicted molar refractivity (Wildman–Crippen MR) is 100 cm³/mol. The van der Waals surface area contributed by atoms with Crippen molar-refractivity contribution in [2.24, 2.45) is 5.92 Å². The molecule has 140 valence electrons. The fourth-order valence-corrected chi connectivity index (χ4v) is 4.43. The number of rotatable bonds is 5. The number of carbonyl (C=O) groups excluding carboxylic acids is 1. The Morgan fingerprint density at radius 3 is 2.24 bits per heavy atom. The van der Waals surface area contributed by atoms with Crippen molar-refractivity contribution in [1.29, 1.82) is 0 Å². The Morgan fingerprint density at radius 2 is 1.68 bits per heavy atom. The van der Waals surface area contributed by atoms with E-state index >= 15 is 0 Å². The van der Waals surface area contributed by atoms with Crippen LogP contribution in [0.15, 0.2) is 23.1 Å². The van der Waals surface area contributed by atoms with E-state index in [4.69, 9.17) is 0 Å². The van der Waals surface area contributed by atoms with Crippen LogP contribution in [0.1, 0.15) is 62.4 Å². The van der Waals surface area contributed by atoms with Crippen molar-refractivity contribution in [1.82, 2.24) is 9.62 Å². The summed E-state index contributed by atoms with van der Waals surface area (Å²) < 4.78 is 27.5. The minimum Gasteiger partial charge on any atom is -0.349 e. The molecule has 1 aliphatic heterocycles. The van der Waals surface area contributed by atoms with Crippen LogP contribution in [-0.4, -0.2) is 37.8 Å². The zero-order valence-corrected chi connectivity index (χ0v) is 16.5. The Kier molecular flexibility index (Phi) is 6.63. The molecule has 0 spiro atoms. The summed E-state index contributed by atoms with van der Waals surface area (Å²) >= 11 is 0. The van der Waals surface area contributed by atoms with Gasteiger partial charge in [0.2, 0.25) is 10.0 Å². The number of nitrogens with one attached hydrogen (secondary N) is 1. The van der Waals surface area contributed by atoms with Crippen LogP contribution < -0.4 is 5.32 Å². The molecule has 5 nitrogen and oxygen atoms in total. The van der Waals surface area contributed by atoms with E-state index in [1.54, 1.807) is 16.4 Å². The average Bonchev–Trinajstić information content (AvgIpc) is 2.84. The lowest BCUT2D eigenvalue weighted by Gasteiger charge is -2.21. The highest BCUT2D eigenvalue weighted by Crippen LogP contribution is 2.23. The summed E-state index contributed by atoms with van der Waals surface area (Å²) in [6, 6.07) is 4.88. The molecule has 1 amide bonds. The number of sulfonamides is 1. The quantitative estimate of drug-likeness (QED) is 0.869. The Morgan fingerprint density at radius 1 is 1.08 bits per heavy atom. The van der Waals surface area contributed by atoms with Gasteiger partial charge in [0.05, 0.1) is 4.90 Å². The Balaban J connectivity index is 2.29. The van der Waals surface area contributed by atoms with E-state index in [2.05, 4.69) is 5.32 Å². The summed E-state index contributed by atoms with van der Waals surface area (Å²) in [7, 11) is -3.55. The van der Waals surface area contributed by atoms with Crippen LogP contribution in [0.3, 0.4) is 0 Å². The van der Waals surface area contributed by atoms with Crippen LogP contribution in [-0.2, 0) is 10.0 Å². The second-order valence-electron chi connectivity index (χ2n) is 7.30. The molecule has 1 fully saturated rings. The first kappa shape index (κ1) is 19.9. The van der Waals surface area contributed by atoms with Gasteiger partial charge in [0.25, 0.3) is 5.91 Å². The molecule has 1 saturated heterocycles.